The van der Waals surface area contributed by atoms with Crippen LogP contribution < -0.4 is 0 Å². The van der Waals surface area contributed by atoms with Gasteiger partial charge < -0.3 is 14.2 Å². The highest BCUT2D eigenvalue weighted by Gasteiger charge is 2.17. The minimum absolute atomic E-state index is 0.0874. The maximum Gasteiger partial charge on any atom is 0.306 e. The SMILES string of the molecule is CCCCC/C=C\C/C=C\CCCCCCCCCCCCOCC(COC(=O)CCCCCCCCCCC/C=C\CCCCCCCC)OC(=O)CCCCCCCCC. The first-order chi connectivity index (χ1) is 30.6. The van der Waals surface area contributed by atoms with Gasteiger partial charge in [0.25, 0.3) is 0 Å². The van der Waals surface area contributed by atoms with Crippen LogP contribution in [0.5, 0.6) is 0 Å². The van der Waals surface area contributed by atoms with Crippen LogP contribution in [0, 0.1) is 0 Å². The summed E-state index contributed by atoms with van der Waals surface area (Å²) in [5.74, 6) is -0.393. The second kappa shape index (κ2) is 53.5. The molecule has 0 aliphatic heterocycles. The molecule has 364 valence electrons. The van der Waals surface area contributed by atoms with E-state index in [-0.39, 0.29) is 25.2 Å². The molecule has 1 unspecified atom stereocenters. The normalized spacial score (nSPS) is 12.4. The Hall–Kier alpha value is -1.88. The lowest BCUT2D eigenvalue weighted by atomic mass is 10.1. The van der Waals surface area contributed by atoms with Crippen LogP contribution in [0.3, 0.4) is 0 Å². The molecule has 0 aromatic carbocycles. The summed E-state index contributed by atoms with van der Waals surface area (Å²) in [7, 11) is 0. The first-order valence-electron chi connectivity index (χ1n) is 27.5. The minimum atomic E-state index is -0.532. The minimum Gasteiger partial charge on any atom is -0.462 e. The van der Waals surface area contributed by atoms with Crippen molar-refractivity contribution in [3.63, 3.8) is 0 Å². The Kier molecular flexibility index (Phi) is 51.8. The summed E-state index contributed by atoms with van der Waals surface area (Å²) in [5, 5.41) is 0. The second-order valence-corrected chi connectivity index (χ2v) is 18.5. The van der Waals surface area contributed by atoms with E-state index >= 15 is 0 Å². The molecule has 0 rings (SSSR count). The Labute approximate surface area is 387 Å². The van der Waals surface area contributed by atoms with Crippen LogP contribution in [-0.2, 0) is 23.8 Å². The molecule has 0 amide bonds. The first-order valence-corrected chi connectivity index (χ1v) is 27.5. The molecule has 0 aliphatic rings. The second-order valence-electron chi connectivity index (χ2n) is 18.5. The van der Waals surface area contributed by atoms with Crippen LogP contribution >= 0.6 is 0 Å². The standard InChI is InChI=1S/C57H106O5/c1-4-7-10-13-16-18-20-22-24-26-28-30-32-34-36-38-40-43-46-49-52-60-53-55(62-57(59)51-48-45-41-15-12-9-6-3)54-61-56(58)50-47-44-42-39-37-35-33-31-29-27-25-23-21-19-17-14-11-8-5-2/h16,18,22-25,55H,4-15,17,19-21,26-54H2,1-3H3/b18-16-,24-22-,25-23-. The average Bonchev–Trinajstić information content (AvgIpc) is 3.27. The summed E-state index contributed by atoms with van der Waals surface area (Å²) < 4.78 is 17.4. The van der Waals surface area contributed by atoms with E-state index in [0.29, 0.717) is 19.4 Å². The van der Waals surface area contributed by atoms with Gasteiger partial charge in [-0.1, -0.05) is 237 Å². The number of ether oxygens (including phenoxy) is 3. The number of unbranched alkanes of at least 4 members (excludes halogenated alkanes) is 34. The Morgan fingerprint density at radius 3 is 1.11 bits per heavy atom. The molecular weight excluding hydrogens is 765 g/mol. The van der Waals surface area contributed by atoms with E-state index in [4.69, 9.17) is 14.2 Å². The largest absolute Gasteiger partial charge is 0.462 e. The predicted octanol–water partition coefficient (Wildman–Crippen LogP) is 18.6. The van der Waals surface area contributed by atoms with E-state index in [1.165, 1.54) is 212 Å². The molecule has 0 radical (unpaired) electrons. The van der Waals surface area contributed by atoms with Crippen molar-refractivity contribution in [2.24, 2.45) is 0 Å². The van der Waals surface area contributed by atoms with Crippen molar-refractivity contribution in [2.45, 2.75) is 297 Å². The highest BCUT2D eigenvalue weighted by atomic mass is 16.6. The number of hydrogen-bond acceptors (Lipinski definition) is 5. The number of carbonyl (C=O) groups is 2. The monoisotopic (exact) mass is 871 g/mol. The van der Waals surface area contributed by atoms with Gasteiger partial charge in [0.1, 0.15) is 6.61 Å². The smallest absolute Gasteiger partial charge is 0.306 e. The van der Waals surface area contributed by atoms with E-state index in [0.717, 1.165) is 44.9 Å². The molecule has 0 spiro atoms. The maximum atomic E-state index is 12.7. The van der Waals surface area contributed by atoms with Gasteiger partial charge in [-0.3, -0.25) is 9.59 Å². The Bertz CT molecular complexity index is 986. The zero-order valence-electron chi connectivity index (χ0n) is 41.9. The number of carbonyl (C=O) groups excluding carboxylic acids is 2. The molecule has 0 aromatic heterocycles. The third-order valence-electron chi connectivity index (χ3n) is 12.1. The number of esters is 2. The summed E-state index contributed by atoms with van der Waals surface area (Å²) >= 11 is 0. The van der Waals surface area contributed by atoms with Gasteiger partial charge in [0, 0.05) is 19.4 Å². The van der Waals surface area contributed by atoms with Crippen LogP contribution in [0.1, 0.15) is 290 Å². The Morgan fingerprint density at radius 2 is 0.677 bits per heavy atom. The van der Waals surface area contributed by atoms with Gasteiger partial charge in [0.05, 0.1) is 6.61 Å². The topological polar surface area (TPSA) is 61.8 Å². The zero-order valence-corrected chi connectivity index (χ0v) is 41.9. The fourth-order valence-corrected chi connectivity index (χ4v) is 8.01. The molecule has 0 fully saturated rings. The number of rotatable bonds is 51. The van der Waals surface area contributed by atoms with E-state index in [9.17, 15) is 9.59 Å². The molecule has 62 heavy (non-hydrogen) atoms. The summed E-state index contributed by atoms with van der Waals surface area (Å²) in [4.78, 5) is 25.3. The molecule has 0 bridgehead atoms. The number of hydrogen-bond donors (Lipinski definition) is 0. The highest BCUT2D eigenvalue weighted by molar-refractivity contribution is 5.70. The van der Waals surface area contributed by atoms with Gasteiger partial charge in [-0.25, -0.2) is 0 Å². The van der Waals surface area contributed by atoms with Crippen molar-refractivity contribution in [1.29, 1.82) is 0 Å². The van der Waals surface area contributed by atoms with Crippen molar-refractivity contribution in [2.75, 3.05) is 19.8 Å². The molecule has 5 nitrogen and oxygen atoms in total. The van der Waals surface area contributed by atoms with Crippen LogP contribution in [0.25, 0.3) is 0 Å². The third-order valence-corrected chi connectivity index (χ3v) is 12.1. The maximum absolute atomic E-state index is 12.7. The van der Waals surface area contributed by atoms with Crippen molar-refractivity contribution < 1.29 is 23.8 Å². The average molecular weight is 871 g/mol. The van der Waals surface area contributed by atoms with Crippen LogP contribution in [0.15, 0.2) is 36.5 Å². The van der Waals surface area contributed by atoms with Crippen molar-refractivity contribution in [3.05, 3.63) is 36.5 Å². The molecular formula is C57H106O5. The lowest BCUT2D eigenvalue weighted by Gasteiger charge is -2.18. The van der Waals surface area contributed by atoms with E-state index in [1.807, 2.05) is 0 Å². The quantitative estimate of drug-likeness (QED) is 0.0346. The van der Waals surface area contributed by atoms with Crippen molar-refractivity contribution in [3.8, 4) is 0 Å². The molecule has 0 aromatic rings. The van der Waals surface area contributed by atoms with Gasteiger partial charge in [-0.15, -0.1) is 0 Å². The van der Waals surface area contributed by atoms with E-state index in [1.54, 1.807) is 0 Å². The molecule has 0 saturated carbocycles. The molecule has 1 atom stereocenters. The number of allylic oxidation sites excluding steroid dienone is 6. The summed E-state index contributed by atoms with van der Waals surface area (Å²) in [6.07, 6.45) is 64.6. The zero-order chi connectivity index (χ0) is 44.9. The summed E-state index contributed by atoms with van der Waals surface area (Å²) in [5.41, 5.74) is 0. The predicted molar refractivity (Wildman–Crippen MR) is 270 cm³/mol. The van der Waals surface area contributed by atoms with Crippen molar-refractivity contribution >= 4 is 11.9 Å². The molecule has 5 heteroatoms. The van der Waals surface area contributed by atoms with E-state index in [2.05, 4.69) is 57.2 Å². The fourth-order valence-electron chi connectivity index (χ4n) is 8.01. The summed E-state index contributed by atoms with van der Waals surface area (Å²) in [6.45, 7) is 7.80. The van der Waals surface area contributed by atoms with Gasteiger partial charge >= 0.3 is 11.9 Å². The first kappa shape index (κ1) is 60.1. The molecule has 0 saturated heterocycles. The van der Waals surface area contributed by atoms with Gasteiger partial charge in [-0.2, -0.15) is 0 Å². The molecule has 0 N–H and O–H groups in total. The Morgan fingerprint density at radius 1 is 0.355 bits per heavy atom. The lowest BCUT2D eigenvalue weighted by molar-refractivity contribution is -0.163. The molecule has 0 aliphatic carbocycles. The Balaban J connectivity index is 4.05. The lowest BCUT2D eigenvalue weighted by Crippen LogP contribution is -2.30. The summed E-state index contributed by atoms with van der Waals surface area (Å²) in [6, 6.07) is 0. The van der Waals surface area contributed by atoms with E-state index < -0.39 is 6.10 Å². The fraction of sp³-hybridized carbons (Fsp3) is 0.860. The van der Waals surface area contributed by atoms with Gasteiger partial charge in [0.2, 0.25) is 0 Å². The highest BCUT2D eigenvalue weighted by Crippen LogP contribution is 2.15. The van der Waals surface area contributed by atoms with Crippen LogP contribution in [0.2, 0.25) is 0 Å². The third kappa shape index (κ3) is 50.8. The molecule has 0 heterocycles. The van der Waals surface area contributed by atoms with Crippen LogP contribution in [-0.4, -0.2) is 37.9 Å². The van der Waals surface area contributed by atoms with Gasteiger partial charge in [0.15, 0.2) is 6.10 Å². The van der Waals surface area contributed by atoms with Gasteiger partial charge in [-0.05, 0) is 77.0 Å². The van der Waals surface area contributed by atoms with Crippen LogP contribution in [0.4, 0.5) is 0 Å². The van der Waals surface area contributed by atoms with Crippen molar-refractivity contribution in [1.82, 2.24) is 0 Å².